The summed E-state index contributed by atoms with van der Waals surface area (Å²) in [5.74, 6) is -0.0795. The van der Waals surface area contributed by atoms with E-state index in [1.165, 1.54) is 0 Å². The molecule has 1 saturated carbocycles. The van der Waals surface area contributed by atoms with Gasteiger partial charge in [0.1, 0.15) is 5.60 Å². The summed E-state index contributed by atoms with van der Waals surface area (Å²) in [5, 5.41) is 5.92. The van der Waals surface area contributed by atoms with Gasteiger partial charge in [0.2, 0.25) is 0 Å². The summed E-state index contributed by atoms with van der Waals surface area (Å²) in [5.41, 5.74) is 0.128. The summed E-state index contributed by atoms with van der Waals surface area (Å²) in [6.45, 7) is 5.52. The number of alkyl carbamates (subject to hydrolysis) is 1. The third kappa shape index (κ3) is 5.09. The van der Waals surface area contributed by atoms with Crippen LogP contribution < -0.4 is 10.6 Å². The molecule has 6 heteroatoms. The minimum atomic E-state index is -0.499. The first-order chi connectivity index (χ1) is 10.3. The molecule has 22 heavy (non-hydrogen) atoms. The van der Waals surface area contributed by atoms with E-state index in [0.717, 1.165) is 25.7 Å². The smallest absolute Gasteiger partial charge is 0.407 e. The molecule has 1 fully saturated rings. The highest BCUT2D eigenvalue weighted by atomic mass is 16.6. The molecule has 2 rings (SSSR count). The molecule has 1 aromatic heterocycles. The van der Waals surface area contributed by atoms with Crippen molar-refractivity contribution in [2.75, 3.05) is 0 Å². The van der Waals surface area contributed by atoms with Gasteiger partial charge in [-0.2, -0.15) is 0 Å². The minimum Gasteiger partial charge on any atom is -0.444 e. The van der Waals surface area contributed by atoms with Crippen LogP contribution in [0.2, 0.25) is 0 Å². The zero-order valence-corrected chi connectivity index (χ0v) is 13.4. The Labute approximate surface area is 131 Å². The van der Waals surface area contributed by atoms with Gasteiger partial charge in [-0.25, -0.2) is 4.79 Å². The van der Waals surface area contributed by atoms with E-state index in [1.54, 1.807) is 18.5 Å². The van der Waals surface area contributed by atoms with E-state index < -0.39 is 11.7 Å². The highest BCUT2D eigenvalue weighted by Gasteiger charge is 2.26. The van der Waals surface area contributed by atoms with Crippen LogP contribution in [-0.2, 0) is 4.74 Å². The summed E-state index contributed by atoms with van der Waals surface area (Å²) in [6.07, 6.45) is 6.55. The lowest BCUT2D eigenvalue weighted by atomic mass is 9.91. The number of carbonyl (C=O) groups excluding carboxylic acids is 2. The Kier molecular flexibility index (Phi) is 5.11. The Morgan fingerprint density at radius 2 is 1.91 bits per heavy atom. The van der Waals surface area contributed by atoms with Gasteiger partial charge >= 0.3 is 6.09 Å². The lowest BCUT2D eigenvalue weighted by molar-refractivity contribution is 0.0489. The van der Waals surface area contributed by atoms with Crippen molar-refractivity contribution in [3.63, 3.8) is 0 Å². The molecule has 0 unspecified atom stereocenters. The zero-order valence-electron chi connectivity index (χ0n) is 13.4. The Morgan fingerprint density at radius 1 is 1.23 bits per heavy atom. The van der Waals surface area contributed by atoms with Crippen molar-refractivity contribution >= 4 is 12.0 Å². The third-order valence-corrected chi connectivity index (χ3v) is 3.59. The number of amides is 2. The largest absolute Gasteiger partial charge is 0.444 e. The second-order valence-corrected chi connectivity index (χ2v) is 6.78. The first kappa shape index (κ1) is 16.4. The molecular weight excluding hydrogens is 282 g/mol. The fourth-order valence-corrected chi connectivity index (χ4v) is 2.66. The topological polar surface area (TPSA) is 83.2 Å². The number of ether oxygens (including phenoxy) is 1. The number of rotatable bonds is 3. The molecule has 0 aliphatic heterocycles. The third-order valence-electron chi connectivity index (χ3n) is 3.59. The van der Waals surface area contributed by atoms with Gasteiger partial charge in [0.25, 0.3) is 5.91 Å². The van der Waals surface area contributed by atoms with Crippen LogP contribution in [0, 0.1) is 0 Å². The molecule has 0 spiro atoms. The van der Waals surface area contributed by atoms with Gasteiger partial charge in [0.05, 0.1) is 5.56 Å². The van der Waals surface area contributed by atoms with Crippen LogP contribution in [0.1, 0.15) is 56.8 Å². The Bertz CT molecular complexity index is 505. The lowest BCUT2D eigenvalue weighted by Crippen LogP contribution is -2.46. The van der Waals surface area contributed by atoms with Crippen LogP contribution in [0.5, 0.6) is 0 Å². The summed E-state index contributed by atoms with van der Waals surface area (Å²) in [6, 6.07) is 1.87. The van der Waals surface area contributed by atoms with Crippen molar-refractivity contribution in [3.05, 3.63) is 24.0 Å². The van der Waals surface area contributed by atoms with E-state index in [1.807, 2.05) is 20.8 Å². The van der Waals surface area contributed by atoms with Gasteiger partial charge in [-0.15, -0.1) is 0 Å². The standard InChI is InChI=1S/C16H25N3O3/c1-16(2,3)22-15(21)19-13-6-4-5-12(9-13)18-14(20)11-7-8-17-10-11/h7-8,10,12-13,17H,4-6,9H2,1-3H3,(H,18,20)(H,19,21)/t12-,13+/m0/s1. The van der Waals surface area contributed by atoms with Crippen molar-refractivity contribution in [3.8, 4) is 0 Å². The van der Waals surface area contributed by atoms with Crippen LogP contribution in [0.3, 0.4) is 0 Å². The maximum atomic E-state index is 12.0. The number of hydrogen-bond acceptors (Lipinski definition) is 3. The van der Waals surface area contributed by atoms with Crippen LogP contribution >= 0.6 is 0 Å². The van der Waals surface area contributed by atoms with Crippen LogP contribution in [0.4, 0.5) is 4.79 Å². The molecule has 1 heterocycles. The summed E-state index contributed by atoms with van der Waals surface area (Å²) in [7, 11) is 0. The molecule has 1 aromatic rings. The molecule has 0 bridgehead atoms. The van der Waals surface area contributed by atoms with Crippen LogP contribution in [0.15, 0.2) is 18.5 Å². The SMILES string of the molecule is CC(C)(C)OC(=O)N[C@@H]1CCC[C@H](NC(=O)c2cc[nH]c2)C1. The maximum absolute atomic E-state index is 12.0. The minimum absolute atomic E-state index is 0.0418. The quantitative estimate of drug-likeness (QED) is 0.802. The molecule has 2 atom stereocenters. The van der Waals surface area contributed by atoms with E-state index in [0.29, 0.717) is 5.56 Å². The maximum Gasteiger partial charge on any atom is 0.407 e. The van der Waals surface area contributed by atoms with Crippen molar-refractivity contribution in [1.82, 2.24) is 15.6 Å². The van der Waals surface area contributed by atoms with E-state index in [9.17, 15) is 9.59 Å². The second kappa shape index (κ2) is 6.85. The number of nitrogens with one attached hydrogen (secondary N) is 3. The predicted octanol–water partition coefficient (Wildman–Crippen LogP) is 2.58. The molecule has 0 saturated heterocycles. The molecule has 0 aromatic carbocycles. The van der Waals surface area contributed by atoms with E-state index >= 15 is 0 Å². The Balaban J connectivity index is 1.81. The molecule has 0 radical (unpaired) electrons. The van der Waals surface area contributed by atoms with Crippen LogP contribution in [0.25, 0.3) is 0 Å². The number of hydrogen-bond donors (Lipinski definition) is 3. The molecule has 1 aliphatic carbocycles. The fourth-order valence-electron chi connectivity index (χ4n) is 2.66. The normalized spacial score (nSPS) is 22.0. The number of aromatic amines is 1. The second-order valence-electron chi connectivity index (χ2n) is 6.78. The molecule has 2 amide bonds. The van der Waals surface area contributed by atoms with E-state index in [4.69, 9.17) is 4.74 Å². The van der Waals surface area contributed by atoms with Gasteiger partial charge < -0.3 is 20.4 Å². The van der Waals surface area contributed by atoms with Crippen molar-refractivity contribution < 1.29 is 14.3 Å². The van der Waals surface area contributed by atoms with Gasteiger partial charge in [0, 0.05) is 24.5 Å². The molecule has 6 nitrogen and oxygen atoms in total. The van der Waals surface area contributed by atoms with Crippen molar-refractivity contribution in [2.24, 2.45) is 0 Å². The van der Waals surface area contributed by atoms with E-state index in [2.05, 4.69) is 15.6 Å². The van der Waals surface area contributed by atoms with Crippen molar-refractivity contribution in [1.29, 1.82) is 0 Å². The molecular formula is C16H25N3O3. The fraction of sp³-hybridized carbons (Fsp3) is 0.625. The zero-order chi connectivity index (χ0) is 16.2. The molecule has 1 aliphatic rings. The first-order valence-electron chi connectivity index (χ1n) is 7.76. The summed E-state index contributed by atoms with van der Waals surface area (Å²) < 4.78 is 5.27. The summed E-state index contributed by atoms with van der Waals surface area (Å²) >= 11 is 0. The predicted molar refractivity (Wildman–Crippen MR) is 83.7 cm³/mol. The average Bonchev–Trinajstić information content (AvgIpc) is 2.90. The number of aromatic nitrogens is 1. The lowest BCUT2D eigenvalue weighted by Gasteiger charge is -2.31. The molecule has 3 N–H and O–H groups in total. The summed E-state index contributed by atoms with van der Waals surface area (Å²) in [4.78, 5) is 26.7. The highest BCUT2D eigenvalue weighted by molar-refractivity contribution is 5.94. The van der Waals surface area contributed by atoms with Gasteiger partial charge in [-0.1, -0.05) is 0 Å². The Morgan fingerprint density at radius 3 is 2.50 bits per heavy atom. The van der Waals surface area contributed by atoms with Crippen LogP contribution in [-0.4, -0.2) is 34.7 Å². The first-order valence-corrected chi connectivity index (χ1v) is 7.76. The average molecular weight is 307 g/mol. The Hall–Kier alpha value is -1.98. The molecule has 122 valence electrons. The number of H-pyrrole nitrogens is 1. The van der Waals surface area contributed by atoms with Gasteiger partial charge in [-0.3, -0.25) is 4.79 Å². The highest BCUT2D eigenvalue weighted by Crippen LogP contribution is 2.19. The monoisotopic (exact) mass is 307 g/mol. The van der Waals surface area contributed by atoms with Gasteiger partial charge in [0.15, 0.2) is 0 Å². The van der Waals surface area contributed by atoms with Gasteiger partial charge in [-0.05, 0) is 52.5 Å². The number of carbonyl (C=O) groups is 2. The van der Waals surface area contributed by atoms with E-state index in [-0.39, 0.29) is 18.0 Å². The van der Waals surface area contributed by atoms with Crippen molar-refractivity contribution in [2.45, 2.75) is 64.1 Å².